The molecule has 1 aromatic carbocycles. The summed E-state index contributed by atoms with van der Waals surface area (Å²) >= 11 is 0. The number of hydrogen-bond donors (Lipinski definition) is 1. The Morgan fingerprint density at radius 3 is 2.26 bits per heavy atom. The van der Waals surface area contributed by atoms with Gasteiger partial charge in [0.15, 0.2) is 0 Å². The van der Waals surface area contributed by atoms with E-state index < -0.39 is 0 Å². The van der Waals surface area contributed by atoms with Gasteiger partial charge in [-0.25, -0.2) is 0 Å². The molecule has 3 atom stereocenters. The molecule has 1 aromatic rings. The SMILES string of the molecule is CCCC(C)COC(C)C(N)c1ccc(CC)cc1. The maximum Gasteiger partial charge on any atom is 0.0739 e. The van der Waals surface area contributed by atoms with Crippen LogP contribution in [0.15, 0.2) is 24.3 Å². The van der Waals surface area contributed by atoms with Gasteiger partial charge in [0.05, 0.1) is 12.1 Å². The van der Waals surface area contributed by atoms with Crippen LogP contribution >= 0.6 is 0 Å². The number of ether oxygens (including phenoxy) is 1. The molecule has 0 aliphatic rings. The van der Waals surface area contributed by atoms with Crippen LogP contribution in [0.25, 0.3) is 0 Å². The van der Waals surface area contributed by atoms with E-state index in [2.05, 4.69) is 52.0 Å². The van der Waals surface area contributed by atoms with Crippen molar-refractivity contribution in [3.8, 4) is 0 Å². The third-order valence-electron chi connectivity index (χ3n) is 3.70. The van der Waals surface area contributed by atoms with Crippen LogP contribution in [0, 0.1) is 5.92 Å². The molecule has 0 spiro atoms. The Morgan fingerprint density at radius 1 is 1.11 bits per heavy atom. The van der Waals surface area contributed by atoms with Crippen molar-refractivity contribution in [1.29, 1.82) is 0 Å². The third kappa shape index (κ3) is 5.33. The lowest BCUT2D eigenvalue weighted by Gasteiger charge is -2.23. The highest BCUT2D eigenvalue weighted by Crippen LogP contribution is 2.18. The van der Waals surface area contributed by atoms with Crippen LogP contribution < -0.4 is 5.73 Å². The molecule has 0 fully saturated rings. The zero-order valence-electron chi connectivity index (χ0n) is 12.9. The molecule has 0 radical (unpaired) electrons. The maximum absolute atomic E-state index is 6.27. The zero-order chi connectivity index (χ0) is 14.3. The molecule has 0 heterocycles. The normalized spacial score (nSPS) is 16.1. The fourth-order valence-corrected chi connectivity index (χ4v) is 2.24. The Kier molecular flexibility index (Phi) is 7.11. The highest BCUT2D eigenvalue weighted by Gasteiger charge is 2.16. The van der Waals surface area contributed by atoms with Crippen molar-refractivity contribution in [3.63, 3.8) is 0 Å². The van der Waals surface area contributed by atoms with Crippen molar-refractivity contribution in [2.45, 2.75) is 59.1 Å². The highest BCUT2D eigenvalue weighted by molar-refractivity contribution is 5.25. The lowest BCUT2D eigenvalue weighted by atomic mass is 10.0. The average Bonchev–Trinajstić information content (AvgIpc) is 2.44. The van der Waals surface area contributed by atoms with E-state index in [1.807, 2.05) is 0 Å². The largest absolute Gasteiger partial charge is 0.376 e. The molecule has 2 heteroatoms. The van der Waals surface area contributed by atoms with Crippen molar-refractivity contribution in [2.75, 3.05) is 6.61 Å². The molecule has 1 rings (SSSR count). The number of aryl methyl sites for hydroxylation is 1. The molecule has 108 valence electrons. The Labute approximate surface area is 118 Å². The van der Waals surface area contributed by atoms with Crippen LogP contribution in [0.2, 0.25) is 0 Å². The topological polar surface area (TPSA) is 35.2 Å². The first-order valence-corrected chi connectivity index (χ1v) is 7.54. The molecular weight excluding hydrogens is 234 g/mol. The molecule has 3 unspecified atom stereocenters. The quantitative estimate of drug-likeness (QED) is 0.766. The molecule has 0 amide bonds. The summed E-state index contributed by atoms with van der Waals surface area (Å²) in [5.41, 5.74) is 8.77. The predicted molar refractivity (Wildman–Crippen MR) is 82.2 cm³/mol. The van der Waals surface area contributed by atoms with Gasteiger partial charge in [0.25, 0.3) is 0 Å². The number of benzene rings is 1. The molecule has 0 aliphatic carbocycles. The fraction of sp³-hybridized carbons (Fsp3) is 0.647. The molecule has 0 aromatic heterocycles. The average molecular weight is 263 g/mol. The van der Waals surface area contributed by atoms with Gasteiger partial charge in [0.2, 0.25) is 0 Å². The van der Waals surface area contributed by atoms with Gasteiger partial charge in [-0.3, -0.25) is 0 Å². The summed E-state index contributed by atoms with van der Waals surface area (Å²) in [7, 11) is 0. The summed E-state index contributed by atoms with van der Waals surface area (Å²) in [6.07, 6.45) is 3.55. The van der Waals surface area contributed by atoms with E-state index in [9.17, 15) is 0 Å². The second kappa shape index (κ2) is 8.34. The van der Waals surface area contributed by atoms with E-state index in [4.69, 9.17) is 10.5 Å². The molecule has 0 aliphatic heterocycles. The maximum atomic E-state index is 6.27. The number of hydrogen-bond acceptors (Lipinski definition) is 2. The highest BCUT2D eigenvalue weighted by atomic mass is 16.5. The third-order valence-corrected chi connectivity index (χ3v) is 3.70. The number of rotatable bonds is 8. The van der Waals surface area contributed by atoms with Gasteiger partial charge in [-0.2, -0.15) is 0 Å². The van der Waals surface area contributed by atoms with Crippen molar-refractivity contribution < 1.29 is 4.74 Å². The monoisotopic (exact) mass is 263 g/mol. The van der Waals surface area contributed by atoms with Crippen molar-refractivity contribution >= 4 is 0 Å². The minimum atomic E-state index is -0.0419. The minimum Gasteiger partial charge on any atom is -0.376 e. The van der Waals surface area contributed by atoms with Crippen LogP contribution in [-0.2, 0) is 11.2 Å². The lowest BCUT2D eigenvalue weighted by Crippen LogP contribution is -2.27. The van der Waals surface area contributed by atoms with Crippen LogP contribution in [0.4, 0.5) is 0 Å². The molecule has 0 saturated carbocycles. The van der Waals surface area contributed by atoms with Crippen LogP contribution in [-0.4, -0.2) is 12.7 Å². The zero-order valence-corrected chi connectivity index (χ0v) is 12.9. The van der Waals surface area contributed by atoms with Gasteiger partial charge in [0.1, 0.15) is 0 Å². The van der Waals surface area contributed by atoms with E-state index in [0.29, 0.717) is 5.92 Å². The van der Waals surface area contributed by atoms with Crippen LogP contribution in [0.1, 0.15) is 57.7 Å². The standard InChI is InChI=1S/C17H29NO/c1-5-7-13(3)12-19-14(4)17(18)16-10-8-15(6-2)9-11-16/h8-11,13-14,17H,5-7,12,18H2,1-4H3. The Balaban J connectivity index is 2.48. The van der Waals surface area contributed by atoms with Gasteiger partial charge in [0, 0.05) is 6.61 Å². The van der Waals surface area contributed by atoms with Gasteiger partial charge >= 0.3 is 0 Å². The van der Waals surface area contributed by atoms with Crippen molar-refractivity contribution in [2.24, 2.45) is 11.7 Å². The van der Waals surface area contributed by atoms with Gasteiger partial charge in [-0.15, -0.1) is 0 Å². The summed E-state index contributed by atoms with van der Waals surface area (Å²) in [5, 5.41) is 0. The van der Waals surface area contributed by atoms with E-state index in [1.165, 1.54) is 18.4 Å². The summed E-state index contributed by atoms with van der Waals surface area (Å²) in [6, 6.07) is 8.51. The summed E-state index contributed by atoms with van der Waals surface area (Å²) < 4.78 is 5.90. The molecule has 19 heavy (non-hydrogen) atoms. The fourth-order valence-electron chi connectivity index (χ4n) is 2.24. The van der Waals surface area contributed by atoms with Gasteiger partial charge in [-0.1, -0.05) is 51.5 Å². The van der Waals surface area contributed by atoms with Gasteiger partial charge in [-0.05, 0) is 36.8 Å². The van der Waals surface area contributed by atoms with Crippen molar-refractivity contribution in [3.05, 3.63) is 35.4 Å². The molecular formula is C17H29NO. The summed E-state index contributed by atoms with van der Waals surface area (Å²) in [5.74, 6) is 0.613. The Morgan fingerprint density at radius 2 is 1.74 bits per heavy atom. The molecule has 0 saturated heterocycles. The second-order valence-electron chi connectivity index (χ2n) is 5.55. The van der Waals surface area contributed by atoms with Crippen molar-refractivity contribution in [1.82, 2.24) is 0 Å². The minimum absolute atomic E-state index is 0.0419. The Hall–Kier alpha value is -0.860. The van der Waals surface area contributed by atoms with E-state index in [0.717, 1.165) is 18.6 Å². The summed E-state index contributed by atoms with van der Waals surface area (Å²) in [4.78, 5) is 0. The number of nitrogens with two attached hydrogens (primary N) is 1. The van der Waals surface area contributed by atoms with E-state index in [-0.39, 0.29) is 12.1 Å². The van der Waals surface area contributed by atoms with Crippen LogP contribution in [0.5, 0.6) is 0 Å². The first-order valence-electron chi connectivity index (χ1n) is 7.54. The smallest absolute Gasteiger partial charge is 0.0739 e. The molecule has 2 nitrogen and oxygen atoms in total. The first kappa shape index (κ1) is 16.2. The predicted octanol–water partition coefficient (Wildman–Crippen LogP) is 4.09. The van der Waals surface area contributed by atoms with Crippen LogP contribution in [0.3, 0.4) is 0 Å². The lowest BCUT2D eigenvalue weighted by molar-refractivity contribution is 0.0264. The molecule has 2 N–H and O–H groups in total. The van der Waals surface area contributed by atoms with E-state index >= 15 is 0 Å². The first-order chi connectivity index (χ1) is 9.08. The Bertz CT molecular complexity index is 347. The van der Waals surface area contributed by atoms with E-state index in [1.54, 1.807) is 0 Å². The molecule has 0 bridgehead atoms. The second-order valence-corrected chi connectivity index (χ2v) is 5.55. The summed E-state index contributed by atoms with van der Waals surface area (Å²) in [6.45, 7) is 9.47. The van der Waals surface area contributed by atoms with Gasteiger partial charge < -0.3 is 10.5 Å².